The predicted octanol–water partition coefficient (Wildman–Crippen LogP) is 13.4. The van der Waals surface area contributed by atoms with Gasteiger partial charge in [0.05, 0.1) is 11.0 Å². The number of fused-ring (bicyclic) bond motifs is 7. The fraction of sp³-hybridized carbons (Fsp3) is 0.0192. The van der Waals surface area contributed by atoms with Crippen LogP contribution in [0.25, 0.3) is 101 Å². The lowest BCUT2D eigenvalue weighted by Crippen LogP contribution is -2.06. The smallest absolute Gasteiger partial charge is 0.164 e. The van der Waals surface area contributed by atoms with E-state index in [4.69, 9.17) is 15.0 Å². The van der Waals surface area contributed by atoms with Crippen molar-refractivity contribution < 1.29 is 0 Å². The van der Waals surface area contributed by atoms with Crippen molar-refractivity contribution in [2.75, 3.05) is 0 Å². The summed E-state index contributed by atoms with van der Waals surface area (Å²) < 4.78 is 2.36. The molecule has 0 bridgehead atoms. The van der Waals surface area contributed by atoms with Gasteiger partial charge in [0.2, 0.25) is 0 Å². The van der Waals surface area contributed by atoms with E-state index in [-0.39, 0.29) is 0 Å². The van der Waals surface area contributed by atoms with Crippen LogP contribution in [0.1, 0.15) is 12.5 Å². The Kier molecular flexibility index (Phi) is 8.15. The number of benzene rings is 7. The maximum Gasteiger partial charge on any atom is 0.164 e. The lowest BCUT2D eigenvalue weighted by atomic mass is 9.74. The Labute approximate surface area is 326 Å². The molecule has 0 radical (unpaired) electrons. The summed E-state index contributed by atoms with van der Waals surface area (Å²) in [5, 5.41) is 2.38. The van der Waals surface area contributed by atoms with E-state index < -0.39 is 0 Å². The minimum absolute atomic E-state index is 0.652. The molecule has 0 fully saturated rings. The Balaban J connectivity index is 1.15. The van der Waals surface area contributed by atoms with Gasteiger partial charge in [-0.3, -0.25) is 0 Å². The van der Waals surface area contributed by atoms with E-state index in [0.29, 0.717) is 17.5 Å². The van der Waals surface area contributed by atoms with Crippen LogP contribution in [0.2, 0.25) is 0 Å². The van der Waals surface area contributed by atoms with Crippen LogP contribution >= 0.6 is 0 Å². The minimum atomic E-state index is 0.652. The van der Waals surface area contributed by atoms with Crippen molar-refractivity contribution in [1.29, 1.82) is 0 Å². The van der Waals surface area contributed by atoms with Gasteiger partial charge in [-0.25, -0.2) is 15.0 Å². The van der Waals surface area contributed by atoms with Crippen molar-refractivity contribution in [3.8, 4) is 73.2 Å². The molecule has 10 rings (SSSR count). The number of hydrogen-bond donors (Lipinski definition) is 0. The first kappa shape index (κ1) is 33.2. The molecule has 1 aliphatic carbocycles. The molecule has 4 nitrogen and oxygen atoms in total. The highest BCUT2D eigenvalue weighted by Gasteiger charge is 2.30. The standard InChI is InChI=1S/C52H36N4/c1-3-4-8-17-34(2)37-28-30-46-44(32-37)45-33-38(29-31-47(45)56(46)39-22-13-7-14-23-39)40-24-15-25-41-42-26-16-27-43(49(42)48(40)41)52-54-50(35-18-9-5-10-19-35)53-51(55-52)36-20-11-6-12-21-36/h3-33H,2H2,1H3/b4-3-,17-8-. The molecule has 7 aromatic carbocycles. The lowest BCUT2D eigenvalue weighted by Gasteiger charge is -2.29. The van der Waals surface area contributed by atoms with Gasteiger partial charge in [0.25, 0.3) is 0 Å². The second kappa shape index (κ2) is 13.8. The van der Waals surface area contributed by atoms with Gasteiger partial charge < -0.3 is 4.57 Å². The van der Waals surface area contributed by atoms with E-state index >= 15 is 0 Å². The quantitative estimate of drug-likeness (QED) is 0.147. The third-order valence-electron chi connectivity index (χ3n) is 10.7. The highest BCUT2D eigenvalue weighted by molar-refractivity contribution is 6.15. The Bertz CT molecular complexity index is 2970. The van der Waals surface area contributed by atoms with Crippen LogP contribution in [0.5, 0.6) is 0 Å². The zero-order chi connectivity index (χ0) is 37.6. The second-order valence-corrected chi connectivity index (χ2v) is 14.0. The van der Waals surface area contributed by atoms with Crippen LogP contribution in [-0.2, 0) is 0 Å². The number of aromatic nitrogens is 4. The fourth-order valence-electron chi connectivity index (χ4n) is 8.01. The molecule has 2 heterocycles. The molecule has 1 aliphatic rings. The third kappa shape index (κ3) is 5.59. The molecule has 0 saturated heterocycles. The van der Waals surface area contributed by atoms with Crippen molar-refractivity contribution in [2.24, 2.45) is 0 Å². The molecule has 9 aromatic rings. The summed E-state index contributed by atoms with van der Waals surface area (Å²) in [7, 11) is 0. The van der Waals surface area contributed by atoms with E-state index in [2.05, 4.69) is 145 Å². The predicted molar refractivity (Wildman–Crippen MR) is 233 cm³/mol. The molecule has 0 saturated carbocycles. The van der Waals surface area contributed by atoms with Crippen LogP contribution in [0.15, 0.2) is 195 Å². The van der Waals surface area contributed by atoms with Crippen molar-refractivity contribution in [1.82, 2.24) is 19.5 Å². The Hall–Kier alpha value is -7.43. The maximum absolute atomic E-state index is 5.12. The normalized spacial score (nSPS) is 11.9. The highest BCUT2D eigenvalue weighted by atomic mass is 15.0. The zero-order valence-electron chi connectivity index (χ0n) is 30.9. The van der Waals surface area contributed by atoms with Crippen LogP contribution in [0.3, 0.4) is 0 Å². The van der Waals surface area contributed by atoms with E-state index in [1.54, 1.807) is 0 Å². The molecular formula is C52H36N4. The molecule has 4 heteroatoms. The molecule has 0 atom stereocenters. The maximum atomic E-state index is 5.12. The van der Waals surface area contributed by atoms with E-state index in [1.807, 2.05) is 61.5 Å². The van der Waals surface area contributed by atoms with Gasteiger partial charge in [-0.15, -0.1) is 0 Å². The Morgan fingerprint density at radius 1 is 0.482 bits per heavy atom. The first-order valence-electron chi connectivity index (χ1n) is 18.9. The van der Waals surface area contributed by atoms with Gasteiger partial charge >= 0.3 is 0 Å². The monoisotopic (exact) mass is 716 g/mol. The molecule has 0 aliphatic heterocycles. The van der Waals surface area contributed by atoms with Gasteiger partial charge in [0.1, 0.15) is 0 Å². The van der Waals surface area contributed by atoms with Crippen LogP contribution < -0.4 is 0 Å². The molecule has 0 N–H and O–H groups in total. The van der Waals surface area contributed by atoms with E-state index in [0.717, 1.165) is 50.1 Å². The fourth-order valence-corrected chi connectivity index (χ4v) is 8.01. The van der Waals surface area contributed by atoms with Crippen molar-refractivity contribution in [3.05, 3.63) is 200 Å². The summed E-state index contributed by atoms with van der Waals surface area (Å²) in [6.07, 6.45) is 8.16. The zero-order valence-corrected chi connectivity index (χ0v) is 30.9. The molecule has 0 unspecified atom stereocenters. The number of para-hydroxylation sites is 1. The average Bonchev–Trinajstić information content (AvgIpc) is 3.59. The van der Waals surface area contributed by atoms with Crippen LogP contribution in [-0.4, -0.2) is 19.5 Å². The average molecular weight is 717 g/mol. The summed E-state index contributed by atoms with van der Waals surface area (Å²) in [6.45, 7) is 6.42. The molecular weight excluding hydrogens is 681 g/mol. The molecule has 0 amide bonds. The van der Waals surface area contributed by atoms with Gasteiger partial charge in [-0.05, 0) is 82.3 Å². The summed E-state index contributed by atoms with van der Waals surface area (Å²) in [4.78, 5) is 15.2. The minimum Gasteiger partial charge on any atom is -0.309 e. The first-order valence-corrected chi connectivity index (χ1v) is 18.9. The number of hydrogen-bond acceptors (Lipinski definition) is 3. The van der Waals surface area contributed by atoms with E-state index in [9.17, 15) is 0 Å². The topological polar surface area (TPSA) is 43.6 Å². The lowest BCUT2D eigenvalue weighted by molar-refractivity contribution is 1.07. The summed E-state index contributed by atoms with van der Waals surface area (Å²) in [6, 6.07) is 57.6. The molecule has 0 spiro atoms. The van der Waals surface area contributed by atoms with Crippen molar-refractivity contribution in [2.45, 2.75) is 6.92 Å². The van der Waals surface area contributed by atoms with Crippen molar-refractivity contribution >= 4 is 27.4 Å². The Morgan fingerprint density at radius 2 is 1.02 bits per heavy atom. The van der Waals surface area contributed by atoms with Crippen molar-refractivity contribution in [3.63, 3.8) is 0 Å². The molecule has 2 aromatic heterocycles. The van der Waals surface area contributed by atoms with Gasteiger partial charge in [0.15, 0.2) is 17.5 Å². The summed E-state index contributed by atoms with van der Waals surface area (Å²) >= 11 is 0. The first-order chi connectivity index (χ1) is 27.7. The van der Waals surface area contributed by atoms with Crippen LogP contribution in [0.4, 0.5) is 0 Å². The number of nitrogens with zero attached hydrogens (tertiary/aromatic N) is 4. The summed E-state index contributed by atoms with van der Waals surface area (Å²) in [5.74, 6) is 1.96. The van der Waals surface area contributed by atoms with Crippen LogP contribution in [0, 0.1) is 0 Å². The highest BCUT2D eigenvalue weighted by Crippen LogP contribution is 2.55. The molecule has 56 heavy (non-hydrogen) atoms. The largest absolute Gasteiger partial charge is 0.309 e. The molecule has 264 valence electrons. The third-order valence-corrected chi connectivity index (χ3v) is 10.7. The number of rotatable bonds is 8. The van der Waals surface area contributed by atoms with Gasteiger partial charge in [-0.2, -0.15) is 0 Å². The van der Waals surface area contributed by atoms with E-state index in [1.165, 1.54) is 38.6 Å². The SMILES string of the molecule is C=C(/C=C\C=C/C)c1ccc2c(c1)c1cc(-c3cccc4c3-c3c(-c5nc(-c6ccccc6)nc(-c6ccccc6)n5)cccc3-4)ccc1n2-c1ccccc1. The number of allylic oxidation sites excluding steroid dienone is 5. The Morgan fingerprint density at radius 3 is 1.66 bits per heavy atom. The second-order valence-electron chi connectivity index (χ2n) is 14.0. The van der Waals surface area contributed by atoms with Gasteiger partial charge in [-0.1, -0.05) is 158 Å². The van der Waals surface area contributed by atoms with Gasteiger partial charge in [0, 0.05) is 38.7 Å². The summed E-state index contributed by atoms with van der Waals surface area (Å²) in [5.41, 5.74) is 15.6.